The molecule has 0 aliphatic heterocycles. The summed E-state index contributed by atoms with van der Waals surface area (Å²) in [4.78, 5) is 4.41. The molecule has 184 valence electrons. The van der Waals surface area contributed by atoms with Gasteiger partial charge in [0.1, 0.15) is 22.7 Å². The molecule has 1 atom stereocenters. The summed E-state index contributed by atoms with van der Waals surface area (Å²) < 4.78 is 39.3. The summed E-state index contributed by atoms with van der Waals surface area (Å²) in [5, 5.41) is 9.24. The van der Waals surface area contributed by atoms with Crippen molar-refractivity contribution in [3.63, 3.8) is 0 Å². The molecular weight excluding hydrogens is 534 g/mol. The quantitative estimate of drug-likeness (QED) is 0.278. The lowest BCUT2D eigenvalue weighted by atomic mass is 10.0. The standard InChI is InChI=1S/C24H26BrN5O4S/c1-6-20-22(10-7-15(2)27-20)34-12-11-33-16(3)23-19(14-26-29(23)4)17-8-9-21-18(13-17)24(25)28-30(21)35(5,31)32/h6-10,13-14,16H,1,11-12H2,2-5H3/t16-/m1/s1. The molecule has 0 saturated carbocycles. The van der Waals surface area contributed by atoms with E-state index in [0.717, 1.165) is 32.9 Å². The van der Waals surface area contributed by atoms with Gasteiger partial charge >= 0.3 is 0 Å². The van der Waals surface area contributed by atoms with E-state index in [1.54, 1.807) is 23.0 Å². The minimum Gasteiger partial charge on any atom is -0.489 e. The molecule has 0 unspecified atom stereocenters. The zero-order valence-corrected chi connectivity index (χ0v) is 22.3. The van der Waals surface area contributed by atoms with E-state index in [-0.39, 0.29) is 6.10 Å². The van der Waals surface area contributed by atoms with Crippen LogP contribution < -0.4 is 4.74 Å². The topological polar surface area (TPSA) is 101 Å². The van der Waals surface area contributed by atoms with Crippen molar-refractivity contribution in [2.45, 2.75) is 20.0 Å². The van der Waals surface area contributed by atoms with Crippen LogP contribution in [0.5, 0.6) is 5.75 Å². The van der Waals surface area contributed by atoms with Crippen LogP contribution >= 0.6 is 15.9 Å². The predicted octanol–water partition coefficient (Wildman–Crippen LogP) is 4.51. The molecular formula is C24H26BrN5O4S. The van der Waals surface area contributed by atoms with Crippen molar-refractivity contribution in [2.75, 3.05) is 19.5 Å². The Kier molecular flexibility index (Phi) is 7.11. The van der Waals surface area contributed by atoms with Crippen molar-refractivity contribution in [3.8, 4) is 16.9 Å². The highest BCUT2D eigenvalue weighted by Crippen LogP contribution is 2.34. The number of benzene rings is 1. The average molecular weight is 560 g/mol. The molecule has 0 fully saturated rings. The molecule has 35 heavy (non-hydrogen) atoms. The maximum atomic E-state index is 12.1. The molecule has 11 heteroatoms. The van der Waals surface area contributed by atoms with Crippen molar-refractivity contribution in [1.29, 1.82) is 0 Å². The van der Waals surface area contributed by atoms with E-state index in [1.165, 1.54) is 0 Å². The van der Waals surface area contributed by atoms with E-state index < -0.39 is 10.0 Å². The summed E-state index contributed by atoms with van der Waals surface area (Å²) in [6, 6.07) is 9.26. The number of pyridine rings is 1. The first-order chi connectivity index (χ1) is 16.6. The lowest BCUT2D eigenvalue weighted by Gasteiger charge is -2.17. The molecule has 3 heterocycles. The van der Waals surface area contributed by atoms with E-state index >= 15 is 0 Å². The number of aryl methyl sites for hydroxylation is 2. The Morgan fingerprint density at radius 1 is 1.23 bits per heavy atom. The first-order valence-corrected chi connectivity index (χ1v) is 13.5. The second kappa shape index (κ2) is 9.92. The highest BCUT2D eigenvalue weighted by atomic mass is 79.9. The number of rotatable bonds is 9. The van der Waals surface area contributed by atoms with E-state index in [9.17, 15) is 8.42 Å². The van der Waals surface area contributed by atoms with Gasteiger partial charge in [0.25, 0.3) is 10.0 Å². The normalized spacial score (nSPS) is 12.7. The lowest BCUT2D eigenvalue weighted by molar-refractivity contribution is 0.0397. The van der Waals surface area contributed by atoms with Crippen LogP contribution in [0, 0.1) is 6.92 Å². The fourth-order valence-electron chi connectivity index (χ4n) is 3.92. The third-order valence-electron chi connectivity index (χ3n) is 5.53. The lowest BCUT2D eigenvalue weighted by Crippen LogP contribution is -2.13. The van der Waals surface area contributed by atoms with Crippen molar-refractivity contribution in [3.05, 3.63) is 64.8 Å². The summed E-state index contributed by atoms with van der Waals surface area (Å²) in [7, 11) is -1.66. The molecule has 0 radical (unpaired) electrons. The summed E-state index contributed by atoms with van der Waals surface area (Å²) in [6.45, 7) is 8.38. The van der Waals surface area contributed by atoms with Crippen molar-refractivity contribution >= 4 is 42.9 Å². The van der Waals surface area contributed by atoms with E-state index in [4.69, 9.17) is 9.47 Å². The Balaban J connectivity index is 1.52. The first-order valence-electron chi connectivity index (χ1n) is 10.9. The third-order valence-corrected chi connectivity index (χ3v) is 7.02. The molecule has 0 aliphatic rings. The maximum absolute atomic E-state index is 12.1. The van der Waals surface area contributed by atoms with Gasteiger partial charge in [-0.25, -0.2) is 13.4 Å². The van der Waals surface area contributed by atoms with Crippen LogP contribution in [0.4, 0.5) is 0 Å². The molecule has 0 bridgehead atoms. The Labute approximate surface area is 212 Å². The van der Waals surface area contributed by atoms with Crippen LogP contribution in [-0.2, 0) is 21.8 Å². The van der Waals surface area contributed by atoms with E-state index in [0.29, 0.717) is 40.2 Å². The van der Waals surface area contributed by atoms with E-state index in [1.807, 2.05) is 45.2 Å². The SMILES string of the molecule is C=Cc1nc(C)ccc1OCCO[C@H](C)c1c(-c2ccc3c(c2)c(Br)nn3S(C)(=O)=O)cnn1C. The molecule has 0 amide bonds. The van der Waals surface area contributed by atoms with E-state index in [2.05, 4.69) is 37.7 Å². The number of fused-ring (bicyclic) bond motifs is 1. The molecule has 0 aliphatic carbocycles. The molecule has 4 aromatic rings. The Morgan fingerprint density at radius 2 is 2.00 bits per heavy atom. The molecule has 0 spiro atoms. The van der Waals surface area contributed by atoms with Gasteiger partial charge in [-0.3, -0.25) is 4.68 Å². The second-order valence-corrected chi connectivity index (χ2v) is 10.7. The van der Waals surface area contributed by atoms with Gasteiger partial charge in [0.05, 0.1) is 36.4 Å². The zero-order chi connectivity index (χ0) is 25.3. The molecule has 3 aromatic heterocycles. The molecule has 0 saturated heterocycles. The van der Waals surface area contributed by atoms with Gasteiger partial charge in [0, 0.05) is 23.7 Å². The fourth-order valence-corrected chi connectivity index (χ4v) is 5.24. The van der Waals surface area contributed by atoms with Crippen molar-refractivity contribution in [2.24, 2.45) is 7.05 Å². The van der Waals surface area contributed by atoms with Gasteiger partial charge in [-0.05, 0) is 65.7 Å². The Morgan fingerprint density at radius 3 is 2.71 bits per heavy atom. The van der Waals surface area contributed by atoms with Gasteiger partial charge < -0.3 is 9.47 Å². The number of aromatic nitrogens is 5. The summed E-state index contributed by atoms with van der Waals surface area (Å²) in [5.74, 6) is 0.664. The van der Waals surface area contributed by atoms with Crippen molar-refractivity contribution < 1.29 is 17.9 Å². The largest absolute Gasteiger partial charge is 0.489 e. The van der Waals surface area contributed by atoms with Gasteiger partial charge in [0.15, 0.2) is 0 Å². The minimum absolute atomic E-state index is 0.269. The summed E-state index contributed by atoms with van der Waals surface area (Å²) >= 11 is 3.38. The number of halogens is 1. The van der Waals surface area contributed by atoms with Gasteiger partial charge in [-0.15, -0.1) is 5.10 Å². The van der Waals surface area contributed by atoms with Gasteiger partial charge in [0.2, 0.25) is 0 Å². The number of hydrogen-bond donors (Lipinski definition) is 0. The van der Waals surface area contributed by atoms with Crippen LogP contribution in [0.25, 0.3) is 28.1 Å². The monoisotopic (exact) mass is 559 g/mol. The molecule has 9 nitrogen and oxygen atoms in total. The molecule has 4 rings (SSSR count). The van der Waals surface area contributed by atoms with Crippen LogP contribution in [0.1, 0.15) is 30.1 Å². The number of nitrogens with zero attached hydrogens (tertiary/aromatic N) is 5. The Hall–Kier alpha value is -3.02. The Bertz CT molecular complexity index is 1510. The van der Waals surface area contributed by atoms with Gasteiger partial charge in [-0.2, -0.15) is 9.19 Å². The maximum Gasteiger partial charge on any atom is 0.251 e. The third kappa shape index (κ3) is 5.16. The summed E-state index contributed by atoms with van der Waals surface area (Å²) in [5.41, 5.74) is 4.75. The number of hydrogen-bond acceptors (Lipinski definition) is 7. The van der Waals surface area contributed by atoms with Crippen LogP contribution in [0.3, 0.4) is 0 Å². The van der Waals surface area contributed by atoms with Crippen LogP contribution in [0.15, 0.2) is 47.7 Å². The second-order valence-electron chi connectivity index (χ2n) is 8.10. The predicted molar refractivity (Wildman–Crippen MR) is 139 cm³/mol. The smallest absolute Gasteiger partial charge is 0.251 e. The average Bonchev–Trinajstić information content (AvgIpc) is 3.37. The fraction of sp³-hybridized carbons (Fsp3) is 0.292. The number of ether oxygens (including phenoxy) is 2. The minimum atomic E-state index is -3.53. The molecule has 0 N–H and O–H groups in total. The van der Waals surface area contributed by atoms with Gasteiger partial charge in [-0.1, -0.05) is 12.6 Å². The van der Waals surface area contributed by atoms with Crippen LogP contribution in [0.2, 0.25) is 0 Å². The van der Waals surface area contributed by atoms with Crippen molar-refractivity contribution in [1.82, 2.24) is 24.0 Å². The highest BCUT2D eigenvalue weighted by Gasteiger charge is 2.21. The zero-order valence-electron chi connectivity index (χ0n) is 19.9. The first kappa shape index (κ1) is 25.1. The van der Waals surface area contributed by atoms with Crippen LogP contribution in [-0.4, -0.2) is 51.8 Å². The molecule has 1 aromatic carbocycles. The summed E-state index contributed by atoms with van der Waals surface area (Å²) in [6.07, 6.45) is 4.29. The highest BCUT2D eigenvalue weighted by molar-refractivity contribution is 9.10.